The van der Waals surface area contributed by atoms with Gasteiger partial charge in [0.15, 0.2) is 0 Å². The second-order valence-electron chi connectivity index (χ2n) is 1.42. The predicted octanol–water partition coefficient (Wildman–Crippen LogP) is -0.359. The van der Waals surface area contributed by atoms with Crippen molar-refractivity contribution in [1.82, 2.24) is 5.06 Å². The molecule has 0 unspecified atom stereocenters. The van der Waals surface area contributed by atoms with Crippen LogP contribution in [0.1, 0.15) is 0 Å². The van der Waals surface area contributed by atoms with Crippen LogP contribution in [-0.4, -0.2) is 17.6 Å². The molecule has 0 aromatic rings. The van der Waals surface area contributed by atoms with Crippen molar-refractivity contribution in [2.75, 3.05) is 6.54 Å². The van der Waals surface area contributed by atoms with Crippen molar-refractivity contribution in [3.63, 3.8) is 0 Å². The number of nitrogens with zero attached hydrogens (tertiary/aromatic N) is 1. The van der Waals surface area contributed by atoms with Crippen LogP contribution in [-0.2, 0) is 4.84 Å². The van der Waals surface area contributed by atoms with Gasteiger partial charge in [0.25, 0.3) is 0 Å². The Labute approximate surface area is 47.0 Å². The highest BCUT2D eigenvalue weighted by molar-refractivity contribution is 5.73. The number of hydroxylamine groups is 2. The van der Waals surface area contributed by atoms with E-state index in [0.29, 0.717) is 6.54 Å². The molecule has 4 nitrogen and oxygen atoms in total. The van der Waals surface area contributed by atoms with E-state index in [2.05, 4.69) is 0 Å². The first-order valence-electron chi connectivity index (χ1n) is 2.24. The van der Waals surface area contributed by atoms with E-state index in [1.165, 1.54) is 11.3 Å². The standard InChI is InChI=1S/C4H7N3O/c5-4(6)7-2-1-3-8-7/h1,3H,2H2,(H3,5,6). The molecule has 1 heterocycles. The summed E-state index contributed by atoms with van der Waals surface area (Å²) in [4.78, 5) is 4.72. The zero-order chi connectivity index (χ0) is 5.98. The van der Waals surface area contributed by atoms with Gasteiger partial charge in [-0.15, -0.1) is 0 Å². The highest BCUT2D eigenvalue weighted by Gasteiger charge is 2.06. The molecule has 1 aliphatic rings. The van der Waals surface area contributed by atoms with Gasteiger partial charge in [-0.1, -0.05) is 0 Å². The second-order valence-corrected chi connectivity index (χ2v) is 1.42. The monoisotopic (exact) mass is 113 g/mol. The number of nitrogens with one attached hydrogen (secondary N) is 1. The summed E-state index contributed by atoms with van der Waals surface area (Å²) in [7, 11) is 0. The van der Waals surface area contributed by atoms with E-state index in [9.17, 15) is 0 Å². The van der Waals surface area contributed by atoms with Crippen LogP contribution in [0.2, 0.25) is 0 Å². The average molecular weight is 113 g/mol. The van der Waals surface area contributed by atoms with E-state index in [1.54, 1.807) is 6.08 Å². The summed E-state index contributed by atoms with van der Waals surface area (Å²) in [6.07, 6.45) is 3.28. The highest BCUT2D eigenvalue weighted by Crippen LogP contribution is 1.97. The minimum absolute atomic E-state index is 0.0602. The molecule has 0 saturated carbocycles. The number of rotatable bonds is 0. The Morgan fingerprint density at radius 2 is 2.62 bits per heavy atom. The molecular weight excluding hydrogens is 106 g/mol. The summed E-state index contributed by atoms with van der Waals surface area (Å²) < 4.78 is 0. The molecule has 0 fully saturated rings. The lowest BCUT2D eigenvalue weighted by atomic mass is 10.6. The van der Waals surface area contributed by atoms with Crippen LogP contribution in [0.25, 0.3) is 0 Å². The largest absolute Gasteiger partial charge is 0.385 e. The first kappa shape index (κ1) is 4.96. The maximum atomic E-state index is 6.83. The molecule has 8 heavy (non-hydrogen) atoms. The Bertz CT molecular complexity index is 123. The van der Waals surface area contributed by atoms with Crippen molar-refractivity contribution in [3.8, 4) is 0 Å². The van der Waals surface area contributed by atoms with Crippen molar-refractivity contribution >= 4 is 5.96 Å². The van der Waals surface area contributed by atoms with Gasteiger partial charge >= 0.3 is 0 Å². The van der Waals surface area contributed by atoms with Crippen LogP contribution in [0.3, 0.4) is 0 Å². The van der Waals surface area contributed by atoms with Crippen LogP contribution >= 0.6 is 0 Å². The zero-order valence-electron chi connectivity index (χ0n) is 4.29. The van der Waals surface area contributed by atoms with Crippen LogP contribution in [0, 0.1) is 5.41 Å². The van der Waals surface area contributed by atoms with E-state index in [4.69, 9.17) is 16.0 Å². The Hall–Kier alpha value is -1.19. The summed E-state index contributed by atoms with van der Waals surface area (Å²) in [6, 6.07) is 0. The first-order valence-corrected chi connectivity index (χ1v) is 2.24. The molecule has 0 radical (unpaired) electrons. The summed E-state index contributed by atoms with van der Waals surface area (Å²) in [5.41, 5.74) is 5.04. The van der Waals surface area contributed by atoms with Crippen molar-refractivity contribution in [2.24, 2.45) is 5.73 Å². The van der Waals surface area contributed by atoms with Gasteiger partial charge in [-0.05, 0) is 6.08 Å². The minimum atomic E-state index is -0.0602. The molecule has 4 heteroatoms. The lowest BCUT2D eigenvalue weighted by molar-refractivity contribution is -0.00339. The lowest BCUT2D eigenvalue weighted by Crippen LogP contribution is -2.32. The van der Waals surface area contributed by atoms with Gasteiger partial charge in [-0.25, -0.2) is 0 Å². The molecule has 1 aliphatic heterocycles. The van der Waals surface area contributed by atoms with E-state index in [-0.39, 0.29) is 5.96 Å². The molecule has 0 saturated heterocycles. The van der Waals surface area contributed by atoms with Crippen LogP contribution in [0.15, 0.2) is 12.3 Å². The van der Waals surface area contributed by atoms with Gasteiger partial charge in [-0.2, -0.15) is 5.06 Å². The molecule has 0 spiro atoms. The van der Waals surface area contributed by atoms with E-state index in [1.807, 2.05) is 0 Å². The third kappa shape index (κ3) is 0.726. The maximum absolute atomic E-state index is 6.83. The van der Waals surface area contributed by atoms with Gasteiger partial charge in [0.05, 0.1) is 6.54 Å². The highest BCUT2D eigenvalue weighted by atomic mass is 16.7. The van der Waals surface area contributed by atoms with Crippen molar-refractivity contribution in [2.45, 2.75) is 0 Å². The smallest absolute Gasteiger partial charge is 0.222 e. The molecule has 0 aromatic heterocycles. The number of nitrogens with two attached hydrogens (primary N) is 1. The summed E-state index contributed by atoms with van der Waals surface area (Å²) in [5, 5.41) is 8.11. The predicted molar refractivity (Wildman–Crippen MR) is 28.8 cm³/mol. The van der Waals surface area contributed by atoms with Crippen molar-refractivity contribution in [1.29, 1.82) is 5.41 Å². The first-order chi connectivity index (χ1) is 3.80. The number of hydrogen-bond donors (Lipinski definition) is 2. The Morgan fingerprint density at radius 3 is 2.88 bits per heavy atom. The third-order valence-corrected chi connectivity index (χ3v) is 0.824. The van der Waals surface area contributed by atoms with E-state index in [0.717, 1.165) is 0 Å². The summed E-state index contributed by atoms with van der Waals surface area (Å²) >= 11 is 0. The van der Waals surface area contributed by atoms with Crippen molar-refractivity contribution < 1.29 is 4.84 Å². The quantitative estimate of drug-likeness (QED) is 0.333. The normalized spacial score (nSPS) is 16.2. The lowest BCUT2D eigenvalue weighted by Gasteiger charge is -2.11. The van der Waals surface area contributed by atoms with Crippen molar-refractivity contribution in [3.05, 3.63) is 12.3 Å². The van der Waals surface area contributed by atoms with Crippen LogP contribution in [0.5, 0.6) is 0 Å². The fraction of sp³-hybridized carbons (Fsp3) is 0.250. The molecule has 3 N–H and O–H groups in total. The Morgan fingerprint density at radius 1 is 1.88 bits per heavy atom. The van der Waals surface area contributed by atoms with Gasteiger partial charge in [0.1, 0.15) is 6.26 Å². The fourth-order valence-electron chi connectivity index (χ4n) is 0.453. The molecule has 0 bridgehead atoms. The summed E-state index contributed by atoms with van der Waals surface area (Å²) in [5.74, 6) is -0.0602. The third-order valence-electron chi connectivity index (χ3n) is 0.824. The topological polar surface area (TPSA) is 62.3 Å². The Balaban J connectivity index is 2.41. The minimum Gasteiger partial charge on any atom is -0.385 e. The van der Waals surface area contributed by atoms with Crippen LogP contribution in [0.4, 0.5) is 0 Å². The van der Waals surface area contributed by atoms with Gasteiger partial charge in [0, 0.05) is 0 Å². The van der Waals surface area contributed by atoms with E-state index >= 15 is 0 Å². The van der Waals surface area contributed by atoms with Crippen LogP contribution < -0.4 is 5.73 Å². The fourth-order valence-corrected chi connectivity index (χ4v) is 0.453. The van der Waals surface area contributed by atoms with Gasteiger partial charge in [-0.3, -0.25) is 5.41 Å². The number of guanidine groups is 1. The zero-order valence-corrected chi connectivity index (χ0v) is 4.29. The Kier molecular flexibility index (Phi) is 1.07. The van der Waals surface area contributed by atoms with Gasteiger partial charge in [0.2, 0.25) is 5.96 Å². The molecule has 0 aliphatic carbocycles. The van der Waals surface area contributed by atoms with Gasteiger partial charge < -0.3 is 10.6 Å². The SMILES string of the molecule is N=C(N)N1CC=CO1. The molecule has 44 valence electrons. The maximum Gasteiger partial charge on any atom is 0.222 e. The molecule has 0 amide bonds. The number of hydrogen-bond acceptors (Lipinski definition) is 2. The molecule has 0 aromatic carbocycles. The molecule has 0 atom stereocenters. The second kappa shape index (κ2) is 1.73. The summed E-state index contributed by atoms with van der Waals surface area (Å²) in [6.45, 7) is 0.579. The average Bonchev–Trinajstić information content (AvgIpc) is 2.12. The van der Waals surface area contributed by atoms with E-state index < -0.39 is 0 Å². The molecular formula is C4H7N3O. The molecule has 1 rings (SSSR count).